The number of hydrogen-bond donors (Lipinski definition) is 3. The highest BCUT2D eigenvalue weighted by molar-refractivity contribution is 7.92. The summed E-state index contributed by atoms with van der Waals surface area (Å²) in [6.07, 6.45) is 0.979. The summed E-state index contributed by atoms with van der Waals surface area (Å²) in [4.78, 5) is 26.3. The molecule has 0 unspecified atom stereocenters. The van der Waals surface area contributed by atoms with E-state index in [2.05, 4.69) is 10.0 Å². The summed E-state index contributed by atoms with van der Waals surface area (Å²) >= 11 is 0. The van der Waals surface area contributed by atoms with Gasteiger partial charge < -0.3 is 15.3 Å². The number of amides is 2. The van der Waals surface area contributed by atoms with E-state index in [1.807, 2.05) is 24.3 Å². The number of rotatable bonds is 5. The second-order valence-corrected chi connectivity index (χ2v) is 8.06. The third-order valence-corrected chi connectivity index (χ3v) is 4.74. The SMILES string of the molecule is CS(=O)(=O)Nc1ccc(O)c(C(=O)NCC(=O)N2Cc3ccccc3C2)c1. The molecule has 8 nitrogen and oxygen atoms in total. The number of sulfonamides is 1. The molecule has 0 saturated heterocycles. The summed E-state index contributed by atoms with van der Waals surface area (Å²) < 4.78 is 24.8. The summed E-state index contributed by atoms with van der Waals surface area (Å²) in [6.45, 7) is 0.754. The molecular weight excluding hydrogens is 370 g/mol. The first-order chi connectivity index (χ1) is 12.7. The van der Waals surface area contributed by atoms with Crippen LogP contribution in [0.25, 0.3) is 0 Å². The van der Waals surface area contributed by atoms with Crippen LogP contribution in [0.15, 0.2) is 42.5 Å². The number of phenolic OH excluding ortho intramolecular Hbond substituents is 1. The Balaban J connectivity index is 1.63. The normalized spacial score (nSPS) is 13.1. The number of nitrogens with zero attached hydrogens (tertiary/aromatic N) is 1. The lowest BCUT2D eigenvalue weighted by Gasteiger charge is -2.16. The molecule has 2 aromatic carbocycles. The van der Waals surface area contributed by atoms with Crippen LogP contribution in [0.2, 0.25) is 0 Å². The smallest absolute Gasteiger partial charge is 0.255 e. The lowest BCUT2D eigenvalue weighted by molar-refractivity contribution is -0.130. The van der Waals surface area contributed by atoms with Gasteiger partial charge in [0.2, 0.25) is 15.9 Å². The van der Waals surface area contributed by atoms with Crippen LogP contribution in [-0.4, -0.2) is 43.0 Å². The standard InChI is InChI=1S/C18H19N3O5S/c1-27(25,26)20-14-6-7-16(22)15(8-14)18(24)19-9-17(23)21-10-12-4-2-3-5-13(12)11-21/h2-8,20,22H,9-11H2,1H3,(H,19,24). The molecule has 1 aliphatic heterocycles. The molecule has 0 radical (unpaired) electrons. The summed E-state index contributed by atoms with van der Waals surface area (Å²) in [7, 11) is -3.52. The van der Waals surface area contributed by atoms with Crippen molar-refractivity contribution in [3.8, 4) is 5.75 Å². The maximum absolute atomic E-state index is 12.3. The Morgan fingerprint density at radius 1 is 1.11 bits per heavy atom. The third-order valence-electron chi connectivity index (χ3n) is 4.14. The van der Waals surface area contributed by atoms with E-state index in [4.69, 9.17) is 0 Å². The monoisotopic (exact) mass is 389 g/mol. The zero-order chi connectivity index (χ0) is 19.6. The average Bonchev–Trinajstić information content (AvgIpc) is 3.04. The van der Waals surface area contributed by atoms with Gasteiger partial charge in [-0.25, -0.2) is 8.42 Å². The van der Waals surface area contributed by atoms with Gasteiger partial charge in [-0.3, -0.25) is 14.3 Å². The van der Waals surface area contributed by atoms with E-state index in [0.29, 0.717) is 13.1 Å². The number of hydrogen-bond acceptors (Lipinski definition) is 5. The van der Waals surface area contributed by atoms with Gasteiger partial charge in [0.1, 0.15) is 5.75 Å². The summed E-state index contributed by atoms with van der Waals surface area (Å²) in [6, 6.07) is 11.5. The molecule has 0 aliphatic carbocycles. The second kappa shape index (κ2) is 7.28. The van der Waals surface area contributed by atoms with Gasteiger partial charge in [0, 0.05) is 18.8 Å². The van der Waals surface area contributed by atoms with Crippen molar-refractivity contribution in [2.75, 3.05) is 17.5 Å². The van der Waals surface area contributed by atoms with Crippen LogP contribution in [0.4, 0.5) is 5.69 Å². The maximum Gasteiger partial charge on any atom is 0.255 e. The first-order valence-electron chi connectivity index (χ1n) is 8.16. The van der Waals surface area contributed by atoms with Gasteiger partial charge in [-0.15, -0.1) is 0 Å². The molecule has 9 heteroatoms. The van der Waals surface area contributed by atoms with Crippen molar-refractivity contribution < 1.29 is 23.1 Å². The fourth-order valence-electron chi connectivity index (χ4n) is 2.87. The minimum absolute atomic E-state index is 0.124. The molecular formula is C18H19N3O5S. The first kappa shape index (κ1) is 18.7. The fourth-order valence-corrected chi connectivity index (χ4v) is 3.42. The van der Waals surface area contributed by atoms with Gasteiger partial charge in [-0.2, -0.15) is 0 Å². The molecule has 0 fully saturated rings. The number of carbonyl (C=O) groups excluding carboxylic acids is 2. The molecule has 0 spiro atoms. The zero-order valence-corrected chi connectivity index (χ0v) is 15.4. The molecule has 1 aliphatic rings. The van der Waals surface area contributed by atoms with Crippen molar-refractivity contribution >= 4 is 27.5 Å². The minimum atomic E-state index is -3.52. The second-order valence-electron chi connectivity index (χ2n) is 6.31. The van der Waals surface area contributed by atoms with Crippen molar-refractivity contribution in [1.82, 2.24) is 10.2 Å². The molecule has 0 aromatic heterocycles. The molecule has 0 atom stereocenters. The molecule has 0 bridgehead atoms. The van der Waals surface area contributed by atoms with Crippen molar-refractivity contribution in [3.63, 3.8) is 0 Å². The number of aromatic hydroxyl groups is 1. The highest BCUT2D eigenvalue weighted by atomic mass is 32.2. The summed E-state index contributed by atoms with van der Waals surface area (Å²) in [5.74, 6) is -1.23. The fraction of sp³-hybridized carbons (Fsp3) is 0.222. The molecule has 2 aromatic rings. The van der Waals surface area contributed by atoms with Gasteiger partial charge >= 0.3 is 0 Å². The van der Waals surface area contributed by atoms with E-state index < -0.39 is 15.9 Å². The van der Waals surface area contributed by atoms with E-state index in [1.54, 1.807) is 4.90 Å². The van der Waals surface area contributed by atoms with Gasteiger partial charge in [-0.1, -0.05) is 24.3 Å². The quantitative estimate of drug-likeness (QED) is 0.661. The summed E-state index contributed by atoms with van der Waals surface area (Å²) in [5, 5.41) is 12.3. The van der Waals surface area contributed by atoms with Crippen molar-refractivity contribution in [2.45, 2.75) is 13.1 Å². The number of fused-ring (bicyclic) bond motifs is 1. The van der Waals surface area contributed by atoms with Crippen LogP contribution in [0.1, 0.15) is 21.5 Å². The lowest BCUT2D eigenvalue weighted by atomic mass is 10.1. The van der Waals surface area contributed by atoms with E-state index >= 15 is 0 Å². The highest BCUT2D eigenvalue weighted by Gasteiger charge is 2.23. The summed E-state index contributed by atoms with van der Waals surface area (Å²) in [5.41, 5.74) is 2.17. The van der Waals surface area contributed by atoms with Crippen molar-refractivity contribution in [1.29, 1.82) is 0 Å². The first-order valence-corrected chi connectivity index (χ1v) is 10.1. The molecule has 3 rings (SSSR count). The van der Waals surface area contributed by atoms with Gasteiger partial charge in [0.25, 0.3) is 5.91 Å². The molecule has 142 valence electrons. The van der Waals surface area contributed by atoms with E-state index in [-0.39, 0.29) is 29.5 Å². The Hall–Kier alpha value is -3.07. The van der Waals surface area contributed by atoms with Crippen LogP contribution in [0, 0.1) is 0 Å². The highest BCUT2D eigenvalue weighted by Crippen LogP contribution is 2.23. The van der Waals surface area contributed by atoms with E-state index in [1.165, 1.54) is 18.2 Å². The molecule has 1 heterocycles. The van der Waals surface area contributed by atoms with Crippen LogP contribution in [0.3, 0.4) is 0 Å². The number of nitrogens with one attached hydrogen (secondary N) is 2. The predicted octanol–water partition coefficient (Wildman–Crippen LogP) is 1.04. The van der Waals surface area contributed by atoms with Crippen molar-refractivity contribution in [2.24, 2.45) is 0 Å². The van der Waals surface area contributed by atoms with Crippen LogP contribution < -0.4 is 10.0 Å². The molecule has 27 heavy (non-hydrogen) atoms. The Kier molecular flexibility index (Phi) is 5.04. The largest absolute Gasteiger partial charge is 0.507 e. The zero-order valence-electron chi connectivity index (χ0n) is 14.6. The minimum Gasteiger partial charge on any atom is -0.507 e. The topological polar surface area (TPSA) is 116 Å². The van der Waals surface area contributed by atoms with Crippen molar-refractivity contribution in [3.05, 3.63) is 59.2 Å². The average molecular weight is 389 g/mol. The third kappa shape index (κ3) is 4.56. The number of phenols is 1. The predicted molar refractivity (Wildman–Crippen MR) is 99.6 cm³/mol. The van der Waals surface area contributed by atoms with Gasteiger partial charge in [-0.05, 0) is 29.3 Å². The maximum atomic E-state index is 12.3. The van der Waals surface area contributed by atoms with Crippen LogP contribution in [0.5, 0.6) is 5.75 Å². The van der Waals surface area contributed by atoms with Gasteiger partial charge in [0.05, 0.1) is 18.4 Å². The number of carbonyl (C=O) groups is 2. The van der Waals surface area contributed by atoms with Crippen LogP contribution >= 0.6 is 0 Å². The Morgan fingerprint density at radius 3 is 2.33 bits per heavy atom. The van der Waals surface area contributed by atoms with E-state index in [9.17, 15) is 23.1 Å². The van der Waals surface area contributed by atoms with Crippen LogP contribution in [-0.2, 0) is 27.9 Å². The number of anilines is 1. The Labute approximate surface area is 156 Å². The number of benzene rings is 2. The lowest BCUT2D eigenvalue weighted by Crippen LogP contribution is -2.37. The van der Waals surface area contributed by atoms with Gasteiger partial charge in [0.15, 0.2) is 0 Å². The molecule has 0 saturated carbocycles. The Bertz CT molecular complexity index is 979. The Morgan fingerprint density at radius 2 is 1.74 bits per heavy atom. The molecule has 2 amide bonds. The van der Waals surface area contributed by atoms with E-state index in [0.717, 1.165) is 17.4 Å². The molecule has 3 N–H and O–H groups in total.